The number of aryl methyl sites for hydroxylation is 1. The van der Waals surface area contributed by atoms with E-state index in [2.05, 4.69) is 18.0 Å². The topological polar surface area (TPSA) is 42.3 Å². The maximum Gasteiger partial charge on any atom is 0.268 e. The van der Waals surface area contributed by atoms with Gasteiger partial charge in [-0.15, -0.1) is 0 Å². The van der Waals surface area contributed by atoms with Gasteiger partial charge in [0.05, 0.1) is 10.4 Å². The van der Waals surface area contributed by atoms with Gasteiger partial charge in [-0.05, 0) is 75.3 Å². The lowest BCUT2D eigenvalue weighted by Crippen LogP contribution is -2.17. The van der Waals surface area contributed by atoms with Crippen molar-refractivity contribution < 1.29 is 12.8 Å². The molecule has 6 heteroatoms. The van der Waals surface area contributed by atoms with Crippen molar-refractivity contribution in [1.82, 2.24) is 8.87 Å². The van der Waals surface area contributed by atoms with E-state index in [1.807, 2.05) is 19.1 Å². The van der Waals surface area contributed by atoms with Crippen molar-refractivity contribution in [3.05, 3.63) is 65.1 Å². The Labute approximate surface area is 152 Å². The molecule has 26 heavy (non-hydrogen) atoms. The third-order valence-corrected chi connectivity index (χ3v) is 6.79. The maximum absolute atomic E-state index is 13.4. The van der Waals surface area contributed by atoms with Gasteiger partial charge in [0, 0.05) is 17.6 Å². The molecule has 3 aromatic rings. The van der Waals surface area contributed by atoms with Crippen LogP contribution < -0.4 is 0 Å². The summed E-state index contributed by atoms with van der Waals surface area (Å²) in [6.07, 6.45) is 1.60. The van der Waals surface area contributed by atoms with E-state index in [0.717, 1.165) is 41.7 Å². The minimum Gasteiger partial charge on any atom is -0.302 e. The maximum atomic E-state index is 13.4. The van der Waals surface area contributed by atoms with Crippen LogP contribution in [0.25, 0.3) is 10.9 Å². The number of benzene rings is 2. The molecule has 4 nitrogen and oxygen atoms in total. The van der Waals surface area contributed by atoms with Crippen molar-refractivity contribution in [3.8, 4) is 0 Å². The lowest BCUT2D eigenvalue weighted by atomic mass is 10.1. The predicted molar refractivity (Wildman–Crippen MR) is 100 cm³/mol. The highest BCUT2D eigenvalue weighted by atomic mass is 32.2. The zero-order valence-electron chi connectivity index (χ0n) is 14.9. The van der Waals surface area contributed by atoms with E-state index in [9.17, 15) is 12.8 Å². The van der Waals surface area contributed by atoms with Crippen LogP contribution in [0.3, 0.4) is 0 Å². The van der Waals surface area contributed by atoms with Crippen molar-refractivity contribution in [1.29, 1.82) is 0 Å². The molecule has 2 heterocycles. The molecule has 136 valence electrons. The van der Waals surface area contributed by atoms with Crippen LogP contribution in [0.4, 0.5) is 4.39 Å². The normalized spacial score (nSPS) is 15.8. The molecule has 2 aromatic carbocycles. The van der Waals surface area contributed by atoms with Crippen LogP contribution in [-0.2, 0) is 23.0 Å². The SMILES string of the molecule is Cc1ccc2c(c1)c1c(n2S(=O)(=O)c2ccc(F)cc2)CCCN(C)C1. The minimum atomic E-state index is -3.80. The molecular formula is C20H21FN2O2S. The fourth-order valence-electron chi connectivity index (χ4n) is 3.77. The number of hydrogen-bond acceptors (Lipinski definition) is 3. The molecule has 0 fully saturated rings. The zero-order chi connectivity index (χ0) is 18.5. The molecule has 0 atom stereocenters. The number of fused-ring (bicyclic) bond motifs is 3. The molecule has 0 radical (unpaired) electrons. The van der Waals surface area contributed by atoms with Gasteiger partial charge in [-0.3, -0.25) is 0 Å². The van der Waals surface area contributed by atoms with Crippen molar-refractivity contribution in [3.63, 3.8) is 0 Å². The van der Waals surface area contributed by atoms with Crippen LogP contribution in [0, 0.1) is 12.7 Å². The molecule has 0 saturated heterocycles. The van der Waals surface area contributed by atoms with E-state index in [1.54, 1.807) is 0 Å². The third kappa shape index (κ3) is 2.73. The monoisotopic (exact) mass is 372 g/mol. The Morgan fingerprint density at radius 1 is 1.08 bits per heavy atom. The number of aromatic nitrogens is 1. The summed E-state index contributed by atoms with van der Waals surface area (Å²) in [5, 5.41) is 0.986. The van der Waals surface area contributed by atoms with E-state index in [1.165, 1.54) is 28.2 Å². The Bertz CT molecular complexity index is 1090. The number of nitrogens with zero attached hydrogens (tertiary/aromatic N) is 2. The Hall–Kier alpha value is -2.18. The Kier molecular flexibility index (Phi) is 4.12. The fourth-order valence-corrected chi connectivity index (χ4v) is 5.37. The molecule has 1 aliphatic heterocycles. The van der Waals surface area contributed by atoms with Crippen molar-refractivity contribution in [2.45, 2.75) is 31.2 Å². The van der Waals surface area contributed by atoms with Gasteiger partial charge in [0.1, 0.15) is 5.82 Å². The lowest BCUT2D eigenvalue weighted by molar-refractivity contribution is 0.333. The average molecular weight is 372 g/mol. The first-order valence-corrected chi connectivity index (χ1v) is 10.1. The van der Waals surface area contributed by atoms with Crippen LogP contribution in [0.15, 0.2) is 47.4 Å². The van der Waals surface area contributed by atoms with Gasteiger partial charge in [-0.2, -0.15) is 0 Å². The van der Waals surface area contributed by atoms with E-state index < -0.39 is 15.8 Å². The largest absolute Gasteiger partial charge is 0.302 e. The van der Waals surface area contributed by atoms with Gasteiger partial charge in [-0.25, -0.2) is 16.8 Å². The van der Waals surface area contributed by atoms with Crippen LogP contribution in [-0.4, -0.2) is 30.9 Å². The first-order valence-electron chi connectivity index (χ1n) is 8.70. The van der Waals surface area contributed by atoms with Crippen molar-refractivity contribution in [2.24, 2.45) is 0 Å². The molecule has 0 amide bonds. The molecule has 0 spiro atoms. The Morgan fingerprint density at radius 2 is 1.81 bits per heavy atom. The van der Waals surface area contributed by atoms with E-state index in [0.29, 0.717) is 11.9 Å². The van der Waals surface area contributed by atoms with Gasteiger partial charge in [0.15, 0.2) is 0 Å². The second-order valence-electron chi connectivity index (χ2n) is 7.01. The van der Waals surface area contributed by atoms with Crippen molar-refractivity contribution >= 4 is 20.9 Å². The third-order valence-electron chi connectivity index (χ3n) is 5.02. The predicted octanol–water partition coefficient (Wildman–Crippen LogP) is 3.70. The van der Waals surface area contributed by atoms with Crippen LogP contribution in [0.5, 0.6) is 0 Å². The second kappa shape index (κ2) is 6.21. The summed E-state index contributed by atoms with van der Waals surface area (Å²) in [6, 6.07) is 10.9. The first-order chi connectivity index (χ1) is 12.4. The zero-order valence-corrected chi connectivity index (χ0v) is 15.7. The minimum absolute atomic E-state index is 0.108. The summed E-state index contributed by atoms with van der Waals surface area (Å²) < 4.78 is 41.5. The molecule has 0 N–H and O–H groups in total. The summed E-state index contributed by atoms with van der Waals surface area (Å²) in [5.74, 6) is -0.447. The fraction of sp³-hybridized carbons (Fsp3) is 0.300. The first kappa shape index (κ1) is 17.2. The van der Waals surface area contributed by atoms with Gasteiger partial charge < -0.3 is 4.90 Å². The van der Waals surface area contributed by atoms with E-state index in [4.69, 9.17) is 0 Å². The Balaban J connectivity index is 2.03. The van der Waals surface area contributed by atoms with Crippen LogP contribution in [0.2, 0.25) is 0 Å². The molecule has 0 bridgehead atoms. The molecule has 4 rings (SSSR count). The van der Waals surface area contributed by atoms with Crippen LogP contribution >= 0.6 is 0 Å². The highest BCUT2D eigenvalue weighted by molar-refractivity contribution is 7.90. The standard InChI is InChI=1S/C20H21FN2O2S/c1-14-5-10-20-17(12-14)18-13-22(2)11-3-4-19(18)23(20)26(24,25)16-8-6-15(21)7-9-16/h5-10,12H,3-4,11,13H2,1-2H3. The number of hydrogen-bond donors (Lipinski definition) is 0. The molecule has 0 saturated carbocycles. The lowest BCUT2D eigenvalue weighted by Gasteiger charge is -2.12. The van der Waals surface area contributed by atoms with Gasteiger partial charge >= 0.3 is 0 Å². The summed E-state index contributed by atoms with van der Waals surface area (Å²) in [6.45, 7) is 3.66. The molecule has 1 aromatic heterocycles. The summed E-state index contributed by atoms with van der Waals surface area (Å²) >= 11 is 0. The van der Waals surface area contributed by atoms with E-state index in [-0.39, 0.29) is 4.90 Å². The second-order valence-corrected chi connectivity index (χ2v) is 8.80. The number of rotatable bonds is 2. The summed E-state index contributed by atoms with van der Waals surface area (Å²) in [5.41, 5.74) is 3.72. The summed E-state index contributed by atoms with van der Waals surface area (Å²) in [7, 11) is -1.74. The number of halogens is 1. The van der Waals surface area contributed by atoms with Gasteiger partial charge in [0.2, 0.25) is 0 Å². The highest BCUT2D eigenvalue weighted by Crippen LogP contribution is 2.34. The molecular weight excluding hydrogens is 351 g/mol. The van der Waals surface area contributed by atoms with E-state index >= 15 is 0 Å². The van der Waals surface area contributed by atoms with Crippen LogP contribution in [0.1, 0.15) is 23.2 Å². The van der Waals surface area contributed by atoms with Crippen molar-refractivity contribution in [2.75, 3.05) is 13.6 Å². The molecule has 1 aliphatic rings. The quantitative estimate of drug-likeness (QED) is 0.689. The van der Waals surface area contributed by atoms with Gasteiger partial charge in [-0.1, -0.05) is 11.6 Å². The highest BCUT2D eigenvalue weighted by Gasteiger charge is 2.28. The van der Waals surface area contributed by atoms with Gasteiger partial charge in [0.25, 0.3) is 10.0 Å². The molecule has 0 aliphatic carbocycles. The molecule has 0 unspecified atom stereocenters. The Morgan fingerprint density at radius 3 is 2.54 bits per heavy atom. The average Bonchev–Trinajstić information content (AvgIpc) is 2.76. The summed E-state index contributed by atoms with van der Waals surface area (Å²) in [4.78, 5) is 2.33. The smallest absolute Gasteiger partial charge is 0.268 e.